The second-order valence-electron chi connectivity index (χ2n) is 5.77. The summed E-state index contributed by atoms with van der Waals surface area (Å²) in [5, 5.41) is 31.8. The van der Waals surface area contributed by atoms with Crippen LogP contribution in [0.15, 0.2) is 36.4 Å². The fourth-order valence-electron chi connectivity index (χ4n) is 3.09. The minimum Gasteiger partial charge on any atom is -0.508 e. The molecule has 0 amide bonds. The molecule has 116 valence electrons. The number of aromatic hydroxyl groups is 1. The Balaban J connectivity index is 1.84. The molecule has 0 aliphatic carbocycles. The zero-order valence-electron chi connectivity index (χ0n) is 12.4. The van der Waals surface area contributed by atoms with Crippen molar-refractivity contribution in [1.82, 2.24) is 5.32 Å². The minimum atomic E-state index is -0.152. The quantitative estimate of drug-likeness (QED) is 0.695. The fraction of sp³-hybridized carbons (Fsp3) is 0.333. The molecule has 1 aliphatic heterocycles. The standard InChI is InChI=1S/C18H21NO3/c20-10-13-2-4-16-14(7-13)5-6-19-17(16)8-12-1-3-15(11-21)18(22)9-12/h1-4,7,9,17,19-22H,5-6,8,10-11H2/t17-/m0/s1. The van der Waals surface area contributed by atoms with E-state index in [1.165, 1.54) is 11.1 Å². The number of rotatable bonds is 4. The van der Waals surface area contributed by atoms with Crippen LogP contribution in [0, 0.1) is 0 Å². The van der Waals surface area contributed by atoms with Crippen LogP contribution in [0.3, 0.4) is 0 Å². The zero-order valence-corrected chi connectivity index (χ0v) is 12.4. The van der Waals surface area contributed by atoms with Crippen molar-refractivity contribution in [1.29, 1.82) is 0 Å². The van der Waals surface area contributed by atoms with Crippen molar-refractivity contribution in [3.05, 3.63) is 64.2 Å². The van der Waals surface area contributed by atoms with E-state index in [4.69, 9.17) is 5.11 Å². The first kappa shape index (κ1) is 15.0. The van der Waals surface area contributed by atoms with Gasteiger partial charge in [0.1, 0.15) is 5.75 Å². The Morgan fingerprint density at radius 1 is 1.00 bits per heavy atom. The van der Waals surface area contributed by atoms with E-state index in [-0.39, 0.29) is 25.0 Å². The maximum absolute atomic E-state index is 9.88. The van der Waals surface area contributed by atoms with Crippen molar-refractivity contribution >= 4 is 0 Å². The number of nitrogens with one attached hydrogen (secondary N) is 1. The highest BCUT2D eigenvalue weighted by Crippen LogP contribution is 2.28. The van der Waals surface area contributed by atoms with Gasteiger partial charge >= 0.3 is 0 Å². The predicted octanol–water partition coefficient (Wildman–Crippen LogP) is 1.81. The molecule has 0 aromatic heterocycles. The molecule has 3 rings (SSSR count). The number of phenols is 1. The van der Waals surface area contributed by atoms with Gasteiger partial charge < -0.3 is 20.6 Å². The third-order valence-corrected chi connectivity index (χ3v) is 4.31. The molecule has 0 saturated carbocycles. The average molecular weight is 299 g/mol. The smallest absolute Gasteiger partial charge is 0.121 e. The van der Waals surface area contributed by atoms with Crippen LogP contribution in [-0.4, -0.2) is 21.9 Å². The van der Waals surface area contributed by atoms with E-state index in [0.717, 1.165) is 30.5 Å². The third-order valence-electron chi connectivity index (χ3n) is 4.31. The van der Waals surface area contributed by atoms with Crippen molar-refractivity contribution in [2.24, 2.45) is 0 Å². The van der Waals surface area contributed by atoms with Crippen LogP contribution >= 0.6 is 0 Å². The van der Waals surface area contributed by atoms with Gasteiger partial charge in [0, 0.05) is 11.6 Å². The van der Waals surface area contributed by atoms with Crippen LogP contribution < -0.4 is 5.32 Å². The van der Waals surface area contributed by atoms with Gasteiger partial charge in [-0.25, -0.2) is 0 Å². The summed E-state index contributed by atoms with van der Waals surface area (Å²) >= 11 is 0. The molecule has 1 aliphatic rings. The fourth-order valence-corrected chi connectivity index (χ4v) is 3.09. The number of fused-ring (bicyclic) bond motifs is 1. The molecule has 0 bridgehead atoms. The number of hydrogen-bond donors (Lipinski definition) is 4. The van der Waals surface area contributed by atoms with E-state index >= 15 is 0 Å². The van der Waals surface area contributed by atoms with E-state index < -0.39 is 0 Å². The first-order valence-electron chi connectivity index (χ1n) is 7.59. The normalized spacial score (nSPS) is 17.3. The molecule has 22 heavy (non-hydrogen) atoms. The number of aliphatic hydroxyl groups excluding tert-OH is 2. The predicted molar refractivity (Wildman–Crippen MR) is 84.5 cm³/mol. The van der Waals surface area contributed by atoms with Gasteiger partial charge in [0.15, 0.2) is 0 Å². The lowest BCUT2D eigenvalue weighted by Gasteiger charge is -2.27. The Labute approximate surface area is 130 Å². The number of benzene rings is 2. The highest BCUT2D eigenvalue weighted by molar-refractivity contribution is 5.40. The van der Waals surface area contributed by atoms with Gasteiger partial charge in [-0.2, -0.15) is 0 Å². The first-order valence-corrected chi connectivity index (χ1v) is 7.59. The van der Waals surface area contributed by atoms with Crippen molar-refractivity contribution < 1.29 is 15.3 Å². The SMILES string of the molecule is OCc1ccc2c(c1)CCN[C@H]2Cc1ccc(CO)c(O)c1. The lowest BCUT2D eigenvalue weighted by Crippen LogP contribution is -2.31. The summed E-state index contributed by atoms with van der Waals surface area (Å²) in [7, 11) is 0. The minimum absolute atomic E-state index is 0.0713. The first-order chi connectivity index (χ1) is 10.7. The monoisotopic (exact) mass is 299 g/mol. The van der Waals surface area contributed by atoms with Crippen molar-refractivity contribution in [3.8, 4) is 5.75 Å². The Bertz CT molecular complexity index is 669. The molecule has 0 radical (unpaired) electrons. The van der Waals surface area contributed by atoms with Crippen LogP contribution in [0.5, 0.6) is 5.75 Å². The van der Waals surface area contributed by atoms with Crippen LogP contribution in [0.25, 0.3) is 0 Å². The molecular formula is C18H21NO3. The van der Waals surface area contributed by atoms with Crippen molar-refractivity contribution in [2.45, 2.75) is 32.1 Å². The molecule has 4 heteroatoms. The maximum atomic E-state index is 9.88. The van der Waals surface area contributed by atoms with Crippen molar-refractivity contribution in [2.75, 3.05) is 6.54 Å². The number of aliphatic hydroxyl groups is 2. The van der Waals surface area contributed by atoms with Gasteiger partial charge in [-0.15, -0.1) is 0 Å². The second-order valence-corrected chi connectivity index (χ2v) is 5.77. The molecule has 4 nitrogen and oxygen atoms in total. The largest absolute Gasteiger partial charge is 0.508 e. The maximum Gasteiger partial charge on any atom is 0.121 e. The molecule has 2 aromatic carbocycles. The summed E-state index contributed by atoms with van der Waals surface area (Å²) in [6, 6.07) is 11.8. The Morgan fingerprint density at radius 2 is 1.82 bits per heavy atom. The Kier molecular flexibility index (Phi) is 4.43. The highest BCUT2D eigenvalue weighted by Gasteiger charge is 2.20. The summed E-state index contributed by atoms with van der Waals surface area (Å²) in [6.45, 7) is 0.829. The van der Waals surface area contributed by atoms with Crippen LogP contribution in [0.4, 0.5) is 0 Å². The van der Waals surface area contributed by atoms with Gasteiger partial charge in [-0.05, 0) is 47.7 Å². The molecular weight excluding hydrogens is 278 g/mol. The van der Waals surface area contributed by atoms with E-state index in [1.807, 2.05) is 12.1 Å². The lowest BCUT2D eigenvalue weighted by atomic mass is 9.89. The van der Waals surface area contributed by atoms with Crippen LogP contribution in [-0.2, 0) is 26.1 Å². The molecule has 0 spiro atoms. The molecule has 2 aromatic rings. The van der Waals surface area contributed by atoms with Crippen LogP contribution in [0.2, 0.25) is 0 Å². The van der Waals surface area contributed by atoms with Gasteiger partial charge in [0.25, 0.3) is 0 Å². The van der Waals surface area contributed by atoms with E-state index in [9.17, 15) is 10.2 Å². The van der Waals surface area contributed by atoms with Gasteiger partial charge in [-0.1, -0.05) is 30.3 Å². The highest BCUT2D eigenvalue weighted by atomic mass is 16.3. The van der Waals surface area contributed by atoms with Crippen LogP contribution in [0.1, 0.15) is 33.9 Å². The molecule has 0 unspecified atom stereocenters. The van der Waals surface area contributed by atoms with E-state index in [0.29, 0.717) is 5.56 Å². The summed E-state index contributed by atoms with van der Waals surface area (Å²) in [6.07, 6.45) is 1.75. The lowest BCUT2D eigenvalue weighted by molar-refractivity contribution is 0.275. The molecule has 1 atom stereocenters. The topological polar surface area (TPSA) is 72.7 Å². The summed E-state index contributed by atoms with van der Waals surface area (Å²) in [5.41, 5.74) is 5.07. The second kappa shape index (κ2) is 6.48. The molecule has 1 heterocycles. The molecule has 4 N–H and O–H groups in total. The number of hydrogen-bond acceptors (Lipinski definition) is 4. The summed E-state index contributed by atoms with van der Waals surface area (Å²) in [4.78, 5) is 0. The van der Waals surface area contributed by atoms with Gasteiger partial charge in [0.2, 0.25) is 0 Å². The zero-order chi connectivity index (χ0) is 15.5. The average Bonchev–Trinajstić information content (AvgIpc) is 2.55. The summed E-state index contributed by atoms with van der Waals surface area (Å²) < 4.78 is 0. The Hall–Kier alpha value is -1.88. The Morgan fingerprint density at radius 3 is 2.55 bits per heavy atom. The van der Waals surface area contributed by atoms with Gasteiger partial charge in [-0.3, -0.25) is 0 Å². The molecule has 0 fully saturated rings. The molecule has 0 saturated heterocycles. The summed E-state index contributed by atoms with van der Waals surface area (Å²) in [5.74, 6) is 0.145. The van der Waals surface area contributed by atoms with Gasteiger partial charge in [0.05, 0.1) is 13.2 Å². The third kappa shape index (κ3) is 2.99. The van der Waals surface area contributed by atoms with E-state index in [2.05, 4.69) is 17.4 Å². The van der Waals surface area contributed by atoms with Crippen molar-refractivity contribution in [3.63, 3.8) is 0 Å². The van der Waals surface area contributed by atoms with E-state index in [1.54, 1.807) is 12.1 Å².